The second-order valence-electron chi connectivity index (χ2n) is 6.45. The summed E-state index contributed by atoms with van der Waals surface area (Å²) in [6.07, 6.45) is -1.08. The molecule has 0 saturated carbocycles. The fourth-order valence-corrected chi connectivity index (χ4v) is 2.52. The highest BCUT2D eigenvalue weighted by atomic mass is 16.5. The first kappa shape index (κ1) is 20.3. The second kappa shape index (κ2) is 9.62. The molecule has 1 N–H and O–H groups in total. The highest BCUT2D eigenvalue weighted by Crippen LogP contribution is 2.21. The van der Waals surface area contributed by atoms with Gasteiger partial charge in [0.2, 0.25) is 0 Å². The van der Waals surface area contributed by atoms with E-state index in [9.17, 15) is 14.7 Å². The Kier molecular flexibility index (Phi) is 7.23. The van der Waals surface area contributed by atoms with Crippen molar-refractivity contribution < 1.29 is 24.2 Å². The zero-order valence-corrected chi connectivity index (χ0v) is 15.7. The smallest absolute Gasteiger partial charge is 0.261 e. The fraction of sp³-hybridized carbons (Fsp3) is 0.333. The van der Waals surface area contributed by atoms with Crippen molar-refractivity contribution in [2.24, 2.45) is 0 Å². The summed E-state index contributed by atoms with van der Waals surface area (Å²) >= 11 is 0. The molecule has 0 radical (unpaired) electrons. The molecular formula is C21H24NO5-. The number of hydrogen-bond acceptors (Lipinski definition) is 5. The number of carbonyl (C=O) groups is 2. The Balaban J connectivity index is 2.06. The monoisotopic (exact) mass is 370 g/mol. The molecule has 0 unspecified atom stereocenters. The van der Waals surface area contributed by atoms with E-state index >= 15 is 0 Å². The highest BCUT2D eigenvalue weighted by molar-refractivity contribution is 5.81. The maximum atomic E-state index is 12.5. The largest absolute Gasteiger partial charge is 0.550 e. The lowest BCUT2D eigenvalue weighted by atomic mass is 10.0. The summed E-state index contributed by atoms with van der Waals surface area (Å²) in [5.74, 6) is -0.424. The maximum absolute atomic E-state index is 12.5. The first-order valence-corrected chi connectivity index (χ1v) is 8.83. The van der Waals surface area contributed by atoms with Crippen LogP contribution in [0.5, 0.6) is 11.5 Å². The predicted octanol–water partition coefficient (Wildman–Crippen LogP) is 2.24. The van der Waals surface area contributed by atoms with Crippen molar-refractivity contribution in [3.63, 3.8) is 0 Å². The molecule has 6 heteroatoms. The van der Waals surface area contributed by atoms with E-state index in [2.05, 4.69) is 5.32 Å². The molecule has 144 valence electrons. The summed E-state index contributed by atoms with van der Waals surface area (Å²) < 4.78 is 11.2. The van der Waals surface area contributed by atoms with Gasteiger partial charge >= 0.3 is 0 Å². The van der Waals surface area contributed by atoms with E-state index in [1.54, 1.807) is 55.5 Å². The van der Waals surface area contributed by atoms with Gasteiger partial charge in [0.05, 0.1) is 12.1 Å². The van der Waals surface area contributed by atoms with Gasteiger partial charge in [0.15, 0.2) is 6.10 Å². The average molecular weight is 370 g/mol. The van der Waals surface area contributed by atoms with E-state index < -0.39 is 24.0 Å². The Bertz CT molecular complexity index is 743. The number of carbonyl (C=O) groups excluding carboxylic acids is 2. The summed E-state index contributed by atoms with van der Waals surface area (Å²) in [6, 6.07) is 15.2. The first-order valence-electron chi connectivity index (χ1n) is 8.83. The van der Waals surface area contributed by atoms with E-state index in [1.807, 2.05) is 19.9 Å². The van der Waals surface area contributed by atoms with Crippen LogP contribution in [0, 0.1) is 0 Å². The summed E-state index contributed by atoms with van der Waals surface area (Å²) in [5, 5.41) is 13.8. The minimum Gasteiger partial charge on any atom is -0.550 e. The lowest BCUT2D eigenvalue weighted by molar-refractivity contribution is -0.306. The van der Waals surface area contributed by atoms with Gasteiger partial charge in [0.1, 0.15) is 11.5 Å². The minimum atomic E-state index is -1.25. The summed E-state index contributed by atoms with van der Waals surface area (Å²) in [4.78, 5) is 23.6. The number of nitrogens with one attached hydrogen (secondary N) is 1. The molecule has 2 aromatic carbocycles. The molecule has 0 spiro atoms. The molecular weight excluding hydrogens is 346 g/mol. The van der Waals surface area contributed by atoms with Gasteiger partial charge in [-0.2, -0.15) is 0 Å². The molecule has 0 saturated heterocycles. The van der Waals surface area contributed by atoms with Crippen molar-refractivity contribution >= 4 is 11.9 Å². The van der Waals surface area contributed by atoms with Crippen molar-refractivity contribution in [1.82, 2.24) is 5.32 Å². The molecule has 2 atom stereocenters. The van der Waals surface area contributed by atoms with Crippen LogP contribution in [0.15, 0.2) is 54.6 Å². The SMILES string of the molecule is CC(C)Oc1ccc([C@H](CC(=O)[O-])NC(=O)[C@H](C)Oc2ccccc2)cc1. The zero-order chi connectivity index (χ0) is 19.8. The summed E-state index contributed by atoms with van der Waals surface area (Å²) in [6.45, 7) is 5.44. The van der Waals surface area contributed by atoms with E-state index in [0.717, 1.165) is 0 Å². The van der Waals surface area contributed by atoms with Crippen LogP contribution in [-0.2, 0) is 9.59 Å². The number of carboxylic acid groups (broad SMARTS) is 1. The number of aliphatic carboxylic acids is 1. The van der Waals surface area contributed by atoms with Crippen molar-refractivity contribution in [3.05, 3.63) is 60.2 Å². The summed E-state index contributed by atoms with van der Waals surface area (Å²) in [7, 11) is 0. The van der Waals surface area contributed by atoms with Crippen LogP contribution >= 0.6 is 0 Å². The molecule has 0 aliphatic carbocycles. The molecule has 0 heterocycles. The van der Waals surface area contributed by atoms with Crippen molar-refractivity contribution in [3.8, 4) is 11.5 Å². The number of carboxylic acids is 1. The van der Waals surface area contributed by atoms with Gasteiger partial charge < -0.3 is 24.7 Å². The number of amides is 1. The van der Waals surface area contributed by atoms with E-state index in [4.69, 9.17) is 9.47 Å². The van der Waals surface area contributed by atoms with Crippen molar-refractivity contribution in [2.45, 2.75) is 45.4 Å². The van der Waals surface area contributed by atoms with E-state index in [1.165, 1.54) is 0 Å². The zero-order valence-electron chi connectivity index (χ0n) is 15.7. The third kappa shape index (κ3) is 6.66. The van der Waals surface area contributed by atoms with Crippen LogP contribution in [0.2, 0.25) is 0 Å². The van der Waals surface area contributed by atoms with Crippen LogP contribution in [0.4, 0.5) is 0 Å². The molecule has 2 aromatic rings. The standard InChI is InChI=1S/C21H25NO5/c1-14(2)26-18-11-9-16(10-12-18)19(13-20(23)24)22-21(25)15(3)27-17-7-5-4-6-8-17/h4-12,14-15,19H,13H2,1-3H3,(H,22,25)(H,23,24)/p-1/t15-,19-/m0/s1. The topological polar surface area (TPSA) is 87.7 Å². The molecule has 0 aliphatic heterocycles. The third-order valence-electron chi connectivity index (χ3n) is 3.77. The highest BCUT2D eigenvalue weighted by Gasteiger charge is 2.20. The molecule has 2 rings (SSSR count). The third-order valence-corrected chi connectivity index (χ3v) is 3.77. The van der Waals surface area contributed by atoms with Crippen LogP contribution in [0.1, 0.15) is 38.8 Å². The Morgan fingerprint density at radius 3 is 2.07 bits per heavy atom. The Hall–Kier alpha value is -3.02. The van der Waals surface area contributed by atoms with Crippen molar-refractivity contribution in [2.75, 3.05) is 0 Å². The van der Waals surface area contributed by atoms with E-state index in [-0.39, 0.29) is 12.5 Å². The van der Waals surface area contributed by atoms with Gasteiger partial charge in [-0.3, -0.25) is 4.79 Å². The Morgan fingerprint density at radius 1 is 0.926 bits per heavy atom. The van der Waals surface area contributed by atoms with E-state index in [0.29, 0.717) is 17.1 Å². The average Bonchev–Trinajstić information content (AvgIpc) is 2.61. The quantitative estimate of drug-likeness (QED) is 0.731. The molecule has 0 aromatic heterocycles. The predicted molar refractivity (Wildman–Crippen MR) is 99.2 cm³/mol. The van der Waals surface area contributed by atoms with Crippen molar-refractivity contribution in [1.29, 1.82) is 0 Å². The fourth-order valence-electron chi connectivity index (χ4n) is 2.52. The van der Waals surface area contributed by atoms with Crippen LogP contribution in [-0.4, -0.2) is 24.1 Å². The molecule has 6 nitrogen and oxygen atoms in total. The van der Waals surface area contributed by atoms with Gasteiger partial charge in [-0.05, 0) is 50.6 Å². The summed E-state index contributed by atoms with van der Waals surface area (Å²) in [5.41, 5.74) is 0.649. The molecule has 0 bridgehead atoms. The van der Waals surface area contributed by atoms with Gasteiger partial charge in [-0.15, -0.1) is 0 Å². The Morgan fingerprint density at radius 2 is 1.52 bits per heavy atom. The maximum Gasteiger partial charge on any atom is 0.261 e. The molecule has 0 aliphatic rings. The van der Waals surface area contributed by atoms with Crippen LogP contribution in [0.25, 0.3) is 0 Å². The second-order valence-corrected chi connectivity index (χ2v) is 6.45. The lowest BCUT2D eigenvalue weighted by Crippen LogP contribution is -2.40. The van der Waals surface area contributed by atoms with Gasteiger partial charge in [0.25, 0.3) is 5.91 Å². The number of ether oxygens (including phenoxy) is 2. The molecule has 0 fully saturated rings. The molecule has 27 heavy (non-hydrogen) atoms. The van der Waals surface area contributed by atoms with Gasteiger partial charge in [0, 0.05) is 12.4 Å². The number of para-hydroxylation sites is 1. The van der Waals surface area contributed by atoms with Crippen LogP contribution in [0.3, 0.4) is 0 Å². The lowest BCUT2D eigenvalue weighted by Gasteiger charge is -2.23. The first-order chi connectivity index (χ1) is 12.8. The molecule has 1 amide bonds. The minimum absolute atomic E-state index is 0.0329. The Labute approximate surface area is 159 Å². The normalized spacial score (nSPS) is 12.9. The van der Waals surface area contributed by atoms with Gasteiger partial charge in [-0.25, -0.2) is 0 Å². The van der Waals surface area contributed by atoms with Gasteiger partial charge in [-0.1, -0.05) is 30.3 Å². The number of rotatable bonds is 9. The number of hydrogen-bond donors (Lipinski definition) is 1. The van der Waals surface area contributed by atoms with Crippen LogP contribution < -0.4 is 19.9 Å². The number of benzene rings is 2.